The van der Waals surface area contributed by atoms with Crippen molar-refractivity contribution >= 4 is 39.2 Å². The number of rotatable bonds is 9. The summed E-state index contributed by atoms with van der Waals surface area (Å²) in [6.07, 6.45) is 0. The lowest BCUT2D eigenvalue weighted by molar-refractivity contribution is -0.122. The van der Waals surface area contributed by atoms with Gasteiger partial charge in [-0.2, -0.15) is 0 Å². The number of nitrogens with one attached hydrogen (secondary N) is 4. The molecule has 1 amide bonds. The molecule has 168 valence electrons. The number of hydroxylamine groups is 1. The molecule has 1 aromatic heterocycles. The van der Waals surface area contributed by atoms with Gasteiger partial charge in [0.05, 0.1) is 16.5 Å². The first-order valence-electron chi connectivity index (χ1n) is 8.68. The smallest absolute Gasteiger partial charge is 0.275 e. The minimum absolute atomic E-state index is 0.0132. The number of hydrogen-bond donors (Lipinski definition) is 5. The third-order valence-electron chi connectivity index (χ3n) is 3.85. The van der Waals surface area contributed by atoms with Crippen molar-refractivity contribution in [2.75, 3.05) is 17.9 Å². The number of aromatic nitrogens is 1. The van der Waals surface area contributed by atoms with E-state index in [9.17, 15) is 22.4 Å². The van der Waals surface area contributed by atoms with Crippen molar-refractivity contribution in [2.45, 2.75) is 18.4 Å². The Morgan fingerprint density at radius 1 is 1.32 bits per heavy atom. The highest BCUT2D eigenvalue weighted by molar-refractivity contribution is 7.92. The fraction of sp³-hybridized carbons (Fsp3) is 0.235. The largest absolute Gasteiger partial charge is 0.368 e. The van der Waals surface area contributed by atoms with Crippen molar-refractivity contribution in [3.8, 4) is 0 Å². The van der Waals surface area contributed by atoms with Gasteiger partial charge in [0.25, 0.3) is 15.6 Å². The zero-order valence-corrected chi connectivity index (χ0v) is 17.8. The SMILES string of the molecule is Cc1ccc(NS(=O)(=O)c2ccc(F)c(Cl)c2)c(=O)n1CC(=O)NCCONC(=N)N. The molecule has 0 saturated carbocycles. The summed E-state index contributed by atoms with van der Waals surface area (Å²) in [7, 11) is -4.23. The molecule has 0 saturated heterocycles. The van der Waals surface area contributed by atoms with Crippen molar-refractivity contribution in [3.63, 3.8) is 0 Å². The number of halogens is 2. The number of nitrogens with two attached hydrogens (primary N) is 1. The van der Waals surface area contributed by atoms with E-state index in [2.05, 4.69) is 15.5 Å². The fourth-order valence-corrected chi connectivity index (χ4v) is 3.69. The minimum atomic E-state index is -4.23. The maximum atomic E-state index is 13.3. The Bertz CT molecular complexity index is 1150. The molecule has 0 spiro atoms. The van der Waals surface area contributed by atoms with Crippen LogP contribution in [0.5, 0.6) is 0 Å². The molecule has 14 heteroatoms. The Kier molecular flexibility index (Phi) is 7.96. The molecule has 6 N–H and O–H groups in total. The van der Waals surface area contributed by atoms with Gasteiger partial charge in [0.1, 0.15) is 18.0 Å². The number of anilines is 1. The molecule has 0 aliphatic heterocycles. The first-order chi connectivity index (χ1) is 14.5. The third-order valence-corrected chi connectivity index (χ3v) is 5.50. The molecular formula is C17H20ClFN6O5S. The van der Waals surface area contributed by atoms with Crippen molar-refractivity contribution in [3.05, 3.63) is 57.2 Å². The van der Waals surface area contributed by atoms with Crippen LogP contribution in [-0.2, 0) is 26.2 Å². The molecule has 0 fully saturated rings. The van der Waals surface area contributed by atoms with E-state index < -0.39 is 33.3 Å². The first-order valence-corrected chi connectivity index (χ1v) is 10.5. The predicted octanol–water partition coefficient (Wildman–Crippen LogP) is 0.281. The molecule has 0 bridgehead atoms. The van der Waals surface area contributed by atoms with E-state index in [-0.39, 0.29) is 35.3 Å². The van der Waals surface area contributed by atoms with Gasteiger partial charge in [-0.25, -0.2) is 18.3 Å². The van der Waals surface area contributed by atoms with Gasteiger partial charge in [-0.3, -0.25) is 24.6 Å². The fourth-order valence-electron chi connectivity index (χ4n) is 2.36. The standard InChI is InChI=1S/C17H20ClFN6O5S/c1-10-2-5-14(24-31(28,29)11-3-4-13(19)12(18)8-11)16(27)25(10)9-15(26)22-6-7-30-23-17(20)21/h2-5,8,24H,6-7,9H2,1H3,(H,22,26)(H4,20,21,23). The second kappa shape index (κ2) is 10.2. The van der Waals surface area contributed by atoms with Crippen LogP contribution in [-0.4, -0.2) is 38.0 Å². The predicted molar refractivity (Wildman–Crippen MR) is 112 cm³/mol. The number of guanidine groups is 1. The van der Waals surface area contributed by atoms with E-state index in [1.165, 1.54) is 12.1 Å². The van der Waals surface area contributed by atoms with Gasteiger partial charge < -0.3 is 15.6 Å². The molecule has 31 heavy (non-hydrogen) atoms. The van der Waals surface area contributed by atoms with Gasteiger partial charge in [0.15, 0.2) is 0 Å². The molecule has 0 radical (unpaired) electrons. The van der Waals surface area contributed by atoms with Crippen molar-refractivity contribution in [1.82, 2.24) is 15.4 Å². The molecule has 0 atom stereocenters. The molecule has 11 nitrogen and oxygen atoms in total. The van der Waals surface area contributed by atoms with Gasteiger partial charge in [-0.1, -0.05) is 11.6 Å². The Labute approximate surface area is 181 Å². The van der Waals surface area contributed by atoms with Crippen LogP contribution in [0.15, 0.2) is 40.0 Å². The lowest BCUT2D eigenvalue weighted by Gasteiger charge is -2.14. The lowest BCUT2D eigenvalue weighted by Crippen LogP contribution is -2.37. The molecule has 0 unspecified atom stereocenters. The van der Waals surface area contributed by atoms with Crippen molar-refractivity contribution in [1.29, 1.82) is 5.41 Å². The van der Waals surface area contributed by atoms with E-state index in [0.29, 0.717) is 5.69 Å². The Morgan fingerprint density at radius 2 is 2.03 bits per heavy atom. The second-order valence-electron chi connectivity index (χ2n) is 6.18. The summed E-state index contributed by atoms with van der Waals surface area (Å²) in [4.78, 5) is 29.3. The van der Waals surface area contributed by atoms with Crippen LogP contribution in [0.1, 0.15) is 5.69 Å². The van der Waals surface area contributed by atoms with Crippen LogP contribution < -0.4 is 26.8 Å². The van der Waals surface area contributed by atoms with E-state index >= 15 is 0 Å². The zero-order chi connectivity index (χ0) is 23.2. The molecule has 0 aliphatic rings. The zero-order valence-electron chi connectivity index (χ0n) is 16.2. The van der Waals surface area contributed by atoms with Gasteiger partial charge in [-0.05, 0) is 37.3 Å². The van der Waals surface area contributed by atoms with Crippen LogP contribution in [0.3, 0.4) is 0 Å². The van der Waals surface area contributed by atoms with Crippen LogP contribution in [0.4, 0.5) is 10.1 Å². The number of benzene rings is 1. The number of carbonyl (C=O) groups excluding carboxylic acids is 1. The van der Waals surface area contributed by atoms with E-state index in [0.717, 1.165) is 22.8 Å². The van der Waals surface area contributed by atoms with E-state index in [1.807, 2.05) is 0 Å². The number of sulfonamides is 1. The maximum absolute atomic E-state index is 13.3. The van der Waals surface area contributed by atoms with Crippen molar-refractivity contribution < 1.29 is 22.4 Å². The van der Waals surface area contributed by atoms with Crippen LogP contribution >= 0.6 is 11.6 Å². The number of pyridine rings is 1. The average Bonchev–Trinajstić information content (AvgIpc) is 2.69. The van der Waals surface area contributed by atoms with Gasteiger partial charge in [-0.15, -0.1) is 0 Å². The maximum Gasteiger partial charge on any atom is 0.275 e. The summed E-state index contributed by atoms with van der Waals surface area (Å²) in [5.74, 6) is -1.70. The Balaban J connectivity index is 2.13. The van der Waals surface area contributed by atoms with Gasteiger partial charge in [0, 0.05) is 12.2 Å². The molecule has 1 heterocycles. The minimum Gasteiger partial charge on any atom is -0.368 e. The Hall–Kier alpha value is -3.16. The summed E-state index contributed by atoms with van der Waals surface area (Å²) in [6.45, 7) is 1.29. The topological polar surface area (TPSA) is 168 Å². The highest BCUT2D eigenvalue weighted by Gasteiger charge is 2.19. The average molecular weight is 475 g/mol. The van der Waals surface area contributed by atoms with Crippen molar-refractivity contribution in [2.24, 2.45) is 5.73 Å². The second-order valence-corrected chi connectivity index (χ2v) is 8.26. The van der Waals surface area contributed by atoms with E-state index in [1.54, 1.807) is 6.92 Å². The normalized spacial score (nSPS) is 11.1. The summed E-state index contributed by atoms with van der Waals surface area (Å²) >= 11 is 5.63. The molecule has 1 aromatic carbocycles. The highest BCUT2D eigenvalue weighted by Crippen LogP contribution is 2.21. The quantitative estimate of drug-likeness (QED) is 0.150. The van der Waals surface area contributed by atoms with Gasteiger partial charge in [0.2, 0.25) is 11.9 Å². The summed E-state index contributed by atoms with van der Waals surface area (Å²) in [5.41, 5.74) is 6.50. The van der Waals surface area contributed by atoms with Gasteiger partial charge >= 0.3 is 0 Å². The monoisotopic (exact) mass is 474 g/mol. The summed E-state index contributed by atoms with van der Waals surface area (Å²) in [6, 6.07) is 5.54. The molecule has 0 aliphatic carbocycles. The third kappa shape index (κ3) is 6.67. The summed E-state index contributed by atoms with van der Waals surface area (Å²) in [5, 5.41) is 9.03. The molecular weight excluding hydrogens is 455 g/mol. The van der Waals surface area contributed by atoms with Crippen LogP contribution in [0.25, 0.3) is 0 Å². The lowest BCUT2D eigenvalue weighted by atomic mass is 10.3. The number of nitrogens with zero attached hydrogens (tertiary/aromatic N) is 1. The highest BCUT2D eigenvalue weighted by atomic mass is 35.5. The van der Waals surface area contributed by atoms with E-state index in [4.69, 9.17) is 27.6 Å². The van der Waals surface area contributed by atoms with Crippen LogP contribution in [0.2, 0.25) is 5.02 Å². The first kappa shape index (κ1) is 24.1. The summed E-state index contributed by atoms with van der Waals surface area (Å²) < 4.78 is 41.6. The number of amides is 1. The molecule has 2 aromatic rings. The van der Waals surface area contributed by atoms with Crippen LogP contribution in [0, 0.1) is 18.2 Å². The number of hydrogen-bond acceptors (Lipinski definition) is 6. The number of aryl methyl sites for hydroxylation is 1. The Morgan fingerprint density at radius 3 is 2.68 bits per heavy atom. The number of carbonyl (C=O) groups is 1. The molecule has 2 rings (SSSR count).